The van der Waals surface area contributed by atoms with Gasteiger partial charge in [0, 0.05) is 30.3 Å². The molecule has 0 spiro atoms. The van der Waals surface area contributed by atoms with Crippen molar-refractivity contribution in [2.24, 2.45) is 0 Å². The van der Waals surface area contributed by atoms with Crippen LogP contribution < -0.4 is 5.32 Å². The first-order chi connectivity index (χ1) is 12.6. The van der Waals surface area contributed by atoms with Crippen LogP contribution in [0.25, 0.3) is 0 Å². The second-order valence-corrected chi connectivity index (χ2v) is 6.72. The Balaban J connectivity index is 1.46. The second-order valence-electron chi connectivity index (χ2n) is 6.72. The lowest BCUT2D eigenvalue weighted by atomic mass is 9.89. The Morgan fingerprint density at radius 1 is 1.00 bits per heavy atom. The average molecular weight is 352 g/mol. The SMILES string of the molecule is O=C(NCCN1CCCCC1)c1cc2c(o1)C(=O)c1ccccc1C2=O. The van der Waals surface area contributed by atoms with Crippen molar-refractivity contribution in [3.05, 3.63) is 58.5 Å². The van der Waals surface area contributed by atoms with E-state index in [4.69, 9.17) is 4.42 Å². The fourth-order valence-electron chi connectivity index (χ4n) is 3.58. The lowest BCUT2D eigenvalue weighted by molar-refractivity contribution is 0.0908. The number of rotatable bonds is 4. The Bertz CT molecular complexity index is 825. The average Bonchev–Trinajstić information content (AvgIpc) is 3.13. The number of nitrogens with zero attached hydrogens (tertiary/aromatic N) is 1. The highest BCUT2D eigenvalue weighted by Crippen LogP contribution is 2.29. The highest BCUT2D eigenvalue weighted by molar-refractivity contribution is 6.27. The van der Waals surface area contributed by atoms with Crippen molar-refractivity contribution >= 4 is 17.5 Å². The van der Waals surface area contributed by atoms with E-state index in [9.17, 15) is 14.4 Å². The van der Waals surface area contributed by atoms with Gasteiger partial charge in [-0.15, -0.1) is 0 Å². The van der Waals surface area contributed by atoms with Crippen LogP contribution in [0.3, 0.4) is 0 Å². The molecule has 1 aromatic carbocycles. The summed E-state index contributed by atoms with van der Waals surface area (Å²) in [5, 5.41) is 2.81. The summed E-state index contributed by atoms with van der Waals surface area (Å²) in [6, 6.07) is 8.00. The molecule has 1 aliphatic carbocycles. The van der Waals surface area contributed by atoms with E-state index < -0.39 is 5.91 Å². The standard InChI is InChI=1S/C20H20N2O4/c23-17-13-6-2-3-7-14(13)18(24)19-15(17)12-16(26-19)20(25)21-8-11-22-9-4-1-5-10-22/h2-3,6-7,12H,1,4-5,8-11H2,(H,21,25). The molecule has 1 N–H and O–H groups in total. The summed E-state index contributed by atoms with van der Waals surface area (Å²) < 4.78 is 5.45. The molecule has 6 heteroatoms. The van der Waals surface area contributed by atoms with Crippen molar-refractivity contribution in [1.29, 1.82) is 0 Å². The summed E-state index contributed by atoms with van der Waals surface area (Å²) in [5.74, 6) is -1.09. The fourth-order valence-corrected chi connectivity index (χ4v) is 3.58. The number of piperidine rings is 1. The number of furan rings is 1. The minimum absolute atomic E-state index is 0.00292. The molecule has 1 aliphatic heterocycles. The summed E-state index contributed by atoms with van der Waals surface area (Å²) in [5.41, 5.74) is 0.828. The van der Waals surface area contributed by atoms with Gasteiger partial charge in [0.05, 0.1) is 5.56 Å². The third kappa shape index (κ3) is 2.97. The molecule has 0 bridgehead atoms. The van der Waals surface area contributed by atoms with Crippen LogP contribution in [0.1, 0.15) is 61.9 Å². The number of likely N-dealkylation sites (tertiary alicyclic amines) is 1. The van der Waals surface area contributed by atoms with Crippen molar-refractivity contribution < 1.29 is 18.8 Å². The largest absolute Gasteiger partial charge is 0.447 e. The Labute approximate surface area is 151 Å². The van der Waals surface area contributed by atoms with E-state index in [0.717, 1.165) is 19.6 Å². The van der Waals surface area contributed by atoms with Gasteiger partial charge in [0.25, 0.3) is 5.91 Å². The Hall–Kier alpha value is -2.73. The van der Waals surface area contributed by atoms with E-state index in [1.165, 1.54) is 25.3 Å². The molecule has 2 aromatic rings. The summed E-state index contributed by atoms with van der Waals surface area (Å²) in [4.78, 5) is 39.7. The second kappa shape index (κ2) is 6.88. The number of ketones is 2. The number of nitrogens with one attached hydrogen (secondary N) is 1. The van der Waals surface area contributed by atoms with Gasteiger partial charge >= 0.3 is 0 Å². The Kier molecular flexibility index (Phi) is 4.42. The molecule has 6 nitrogen and oxygen atoms in total. The zero-order valence-corrected chi connectivity index (χ0v) is 14.4. The van der Waals surface area contributed by atoms with Crippen LogP contribution in [0, 0.1) is 0 Å². The predicted molar refractivity (Wildman–Crippen MR) is 94.6 cm³/mol. The molecule has 0 radical (unpaired) electrons. The number of carbonyl (C=O) groups excluding carboxylic acids is 3. The molecule has 0 saturated carbocycles. The van der Waals surface area contributed by atoms with Crippen LogP contribution in [0.15, 0.2) is 34.7 Å². The summed E-state index contributed by atoms with van der Waals surface area (Å²) in [6.07, 6.45) is 3.67. The van der Waals surface area contributed by atoms with Gasteiger partial charge in [-0.05, 0) is 25.9 Å². The normalized spacial score (nSPS) is 16.9. The molecular formula is C20H20N2O4. The molecule has 0 unspecified atom stereocenters. The van der Waals surface area contributed by atoms with Crippen molar-refractivity contribution in [3.8, 4) is 0 Å². The lowest BCUT2D eigenvalue weighted by Gasteiger charge is -2.26. The molecule has 2 heterocycles. The smallest absolute Gasteiger partial charge is 0.287 e. The summed E-state index contributed by atoms with van der Waals surface area (Å²) in [6.45, 7) is 3.42. The van der Waals surface area contributed by atoms with Gasteiger partial charge in [-0.1, -0.05) is 30.7 Å². The number of benzene rings is 1. The lowest BCUT2D eigenvalue weighted by Crippen LogP contribution is -2.37. The van der Waals surface area contributed by atoms with E-state index in [-0.39, 0.29) is 28.7 Å². The van der Waals surface area contributed by atoms with Crippen LogP contribution in [-0.4, -0.2) is 48.6 Å². The third-order valence-corrected chi connectivity index (χ3v) is 4.99. The van der Waals surface area contributed by atoms with Gasteiger partial charge in [-0.3, -0.25) is 14.4 Å². The van der Waals surface area contributed by atoms with Gasteiger partial charge in [-0.2, -0.15) is 0 Å². The number of hydrogen-bond acceptors (Lipinski definition) is 5. The van der Waals surface area contributed by atoms with Crippen molar-refractivity contribution in [1.82, 2.24) is 10.2 Å². The minimum atomic E-state index is -0.402. The minimum Gasteiger partial charge on any atom is -0.447 e. The zero-order chi connectivity index (χ0) is 18.1. The van der Waals surface area contributed by atoms with E-state index in [1.54, 1.807) is 24.3 Å². The first-order valence-corrected chi connectivity index (χ1v) is 8.98. The molecule has 2 aliphatic rings. The van der Waals surface area contributed by atoms with Gasteiger partial charge in [0.2, 0.25) is 5.78 Å². The van der Waals surface area contributed by atoms with E-state index in [2.05, 4.69) is 10.2 Å². The van der Waals surface area contributed by atoms with Crippen LogP contribution >= 0.6 is 0 Å². The first kappa shape index (κ1) is 16.7. The molecule has 26 heavy (non-hydrogen) atoms. The van der Waals surface area contributed by atoms with E-state index in [0.29, 0.717) is 17.7 Å². The highest BCUT2D eigenvalue weighted by Gasteiger charge is 2.34. The topological polar surface area (TPSA) is 79.6 Å². The molecule has 1 saturated heterocycles. The van der Waals surface area contributed by atoms with Crippen molar-refractivity contribution in [2.45, 2.75) is 19.3 Å². The molecule has 4 rings (SSSR count). The maximum Gasteiger partial charge on any atom is 0.287 e. The molecule has 0 atom stereocenters. The quantitative estimate of drug-likeness (QED) is 0.779. The number of hydrogen-bond donors (Lipinski definition) is 1. The van der Waals surface area contributed by atoms with Gasteiger partial charge in [-0.25, -0.2) is 0 Å². The maximum absolute atomic E-state index is 12.6. The van der Waals surface area contributed by atoms with Crippen LogP contribution in [-0.2, 0) is 0 Å². The number of fused-ring (bicyclic) bond motifs is 2. The predicted octanol–water partition coefficient (Wildman–Crippen LogP) is 2.27. The molecule has 1 aromatic heterocycles. The molecule has 1 amide bonds. The Morgan fingerprint density at radius 2 is 1.69 bits per heavy atom. The highest BCUT2D eigenvalue weighted by atomic mass is 16.4. The van der Waals surface area contributed by atoms with Gasteiger partial charge in [0.1, 0.15) is 0 Å². The van der Waals surface area contributed by atoms with E-state index in [1.807, 2.05) is 0 Å². The maximum atomic E-state index is 12.6. The van der Waals surface area contributed by atoms with Crippen molar-refractivity contribution in [3.63, 3.8) is 0 Å². The van der Waals surface area contributed by atoms with Gasteiger partial charge in [0.15, 0.2) is 17.3 Å². The van der Waals surface area contributed by atoms with Crippen LogP contribution in [0.5, 0.6) is 0 Å². The Morgan fingerprint density at radius 3 is 2.42 bits per heavy atom. The van der Waals surface area contributed by atoms with Gasteiger partial charge < -0.3 is 14.6 Å². The fraction of sp³-hybridized carbons (Fsp3) is 0.350. The third-order valence-electron chi connectivity index (χ3n) is 4.99. The molecular weight excluding hydrogens is 332 g/mol. The monoisotopic (exact) mass is 352 g/mol. The molecule has 134 valence electrons. The van der Waals surface area contributed by atoms with Crippen LogP contribution in [0.4, 0.5) is 0 Å². The first-order valence-electron chi connectivity index (χ1n) is 8.98. The van der Waals surface area contributed by atoms with E-state index >= 15 is 0 Å². The number of carbonyl (C=O) groups is 3. The summed E-state index contributed by atoms with van der Waals surface area (Å²) in [7, 11) is 0. The van der Waals surface area contributed by atoms with Crippen molar-refractivity contribution in [2.75, 3.05) is 26.2 Å². The molecule has 1 fully saturated rings. The van der Waals surface area contributed by atoms with Crippen LogP contribution in [0.2, 0.25) is 0 Å². The summed E-state index contributed by atoms with van der Waals surface area (Å²) >= 11 is 0. The number of amides is 1. The zero-order valence-electron chi connectivity index (χ0n) is 14.4.